The Morgan fingerprint density at radius 2 is 2.00 bits per heavy atom. The first-order valence-electron chi connectivity index (χ1n) is 7.22. The minimum Gasteiger partial charge on any atom is -0.466 e. The third kappa shape index (κ3) is 2.94. The van der Waals surface area contributed by atoms with Crippen LogP contribution in [0, 0.1) is 0 Å². The van der Waals surface area contributed by atoms with E-state index in [1.54, 1.807) is 19.1 Å². The molecule has 1 aliphatic heterocycles. The van der Waals surface area contributed by atoms with Gasteiger partial charge in [-0.15, -0.1) is 0 Å². The van der Waals surface area contributed by atoms with Gasteiger partial charge in [0, 0.05) is 15.7 Å². The van der Waals surface area contributed by atoms with Crippen molar-refractivity contribution in [3.63, 3.8) is 0 Å². The highest BCUT2D eigenvalue weighted by Crippen LogP contribution is 2.34. The topological polar surface area (TPSA) is 80.6 Å². The quantitative estimate of drug-likeness (QED) is 0.785. The highest BCUT2D eigenvalue weighted by atomic mass is 79.9. The molecule has 3 rings (SSSR count). The predicted octanol–water partition coefficient (Wildman–Crippen LogP) is 3.51. The van der Waals surface area contributed by atoms with E-state index in [1.807, 2.05) is 24.3 Å². The number of allylic oxidation sites excluding steroid dienone is 1. The zero-order valence-corrected chi connectivity index (χ0v) is 14.6. The maximum absolute atomic E-state index is 12.1. The summed E-state index contributed by atoms with van der Waals surface area (Å²) >= 11 is 3.48. The standard InChI is InChI=1S/C17H15BrN2O4/c1-9-14(16(21)23-2)15(20-17(22)19-9)13-8-7-12(24-13)10-5-3-4-6-11(10)18/h3-8,15H,1-2H3,(H2,19,20,22)/t15-/m1/s1. The smallest absolute Gasteiger partial charge is 0.338 e. The monoisotopic (exact) mass is 390 g/mol. The van der Waals surface area contributed by atoms with E-state index in [0.29, 0.717) is 22.8 Å². The van der Waals surface area contributed by atoms with Crippen molar-refractivity contribution in [2.45, 2.75) is 13.0 Å². The van der Waals surface area contributed by atoms with Gasteiger partial charge in [-0.3, -0.25) is 0 Å². The van der Waals surface area contributed by atoms with Gasteiger partial charge >= 0.3 is 12.0 Å². The van der Waals surface area contributed by atoms with E-state index in [0.717, 1.165) is 10.0 Å². The molecule has 2 amide bonds. The minimum absolute atomic E-state index is 0.310. The average molecular weight is 391 g/mol. The molecule has 0 unspecified atom stereocenters. The van der Waals surface area contributed by atoms with Crippen molar-refractivity contribution >= 4 is 27.9 Å². The Bertz CT molecular complexity index is 841. The number of esters is 1. The number of furan rings is 1. The van der Waals surface area contributed by atoms with Gasteiger partial charge in [0.1, 0.15) is 17.6 Å². The molecule has 1 atom stereocenters. The second-order valence-electron chi connectivity index (χ2n) is 5.24. The third-order valence-corrected chi connectivity index (χ3v) is 4.42. The zero-order chi connectivity index (χ0) is 17.3. The molecule has 2 heterocycles. The van der Waals surface area contributed by atoms with Crippen LogP contribution in [0.2, 0.25) is 0 Å². The summed E-state index contributed by atoms with van der Waals surface area (Å²) in [6.07, 6.45) is 0. The molecule has 0 spiro atoms. The SMILES string of the molecule is COC(=O)C1=C(C)NC(=O)N[C@@H]1c1ccc(-c2ccccc2Br)o1. The maximum Gasteiger partial charge on any atom is 0.338 e. The van der Waals surface area contributed by atoms with Gasteiger partial charge in [-0.05, 0) is 25.1 Å². The van der Waals surface area contributed by atoms with E-state index in [4.69, 9.17) is 9.15 Å². The first kappa shape index (κ1) is 16.3. The lowest BCUT2D eigenvalue weighted by Gasteiger charge is -2.26. The molecule has 0 radical (unpaired) electrons. The maximum atomic E-state index is 12.1. The average Bonchev–Trinajstić information content (AvgIpc) is 3.03. The molecule has 0 aliphatic carbocycles. The van der Waals surface area contributed by atoms with Crippen LogP contribution in [0.5, 0.6) is 0 Å². The first-order valence-corrected chi connectivity index (χ1v) is 8.01. The fraction of sp³-hybridized carbons (Fsp3) is 0.176. The number of rotatable bonds is 3. The molecule has 2 aromatic rings. The lowest BCUT2D eigenvalue weighted by Crippen LogP contribution is -2.45. The summed E-state index contributed by atoms with van der Waals surface area (Å²) in [4.78, 5) is 23.9. The summed E-state index contributed by atoms with van der Waals surface area (Å²) in [5, 5.41) is 5.27. The summed E-state index contributed by atoms with van der Waals surface area (Å²) in [5.74, 6) is 0.561. The van der Waals surface area contributed by atoms with Crippen LogP contribution in [-0.2, 0) is 9.53 Å². The molecule has 1 aliphatic rings. The second-order valence-corrected chi connectivity index (χ2v) is 6.10. The molecule has 124 valence electrons. The van der Waals surface area contributed by atoms with Crippen LogP contribution < -0.4 is 10.6 Å². The van der Waals surface area contributed by atoms with Gasteiger partial charge in [-0.1, -0.05) is 34.1 Å². The molecule has 6 nitrogen and oxygen atoms in total. The Labute approximate surface area is 147 Å². The lowest BCUT2D eigenvalue weighted by atomic mass is 10.0. The number of halogens is 1. The van der Waals surface area contributed by atoms with Crippen molar-refractivity contribution in [3.8, 4) is 11.3 Å². The predicted molar refractivity (Wildman–Crippen MR) is 91.0 cm³/mol. The minimum atomic E-state index is -0.706. The van der Waals surface area contributed by atoms with E-state index < -0.39 is 18.0 Å². The van der Waals surface area contributed by atoms with Crippen LogP contribution in [0.3, 0.4) is 0 Å². The van der Waals surface area contributed by atoms with Gasteiger partial charge in [0.15, 0.2) is 0 Å². The summed E-state index contributed by atoms with van der Waals surface area (Å²) in [6, 6.07) is 10.1. The van der Waals surface area contributed by atoms with Gasteiger partial charge < -0.3 is 19.8 Å². The highest BCUT2D eigenvalue weighted by molar-refractivity contribution is 9.10. The normalized spacial score (nSPS) is 17.3. The molecule has 7 heteroatoms. The van der Waals surface area contributed by atoms with Gasteiger partial charge in [0.25, 0.3) is 0 Å². The number of hydrogen-bond acceptors (Lipinski definition) is 4. The van der Waals surface area contributed by atoms with Crippen LogP contribution in [-0.4, -0.2) is 19.1 Å². The summed E-state index contributed by atoms with van der Waals surface area (Å²) in [7, 11) is 1.30. The van der Waals surface area contributed by atoms with Crippen LogP contribution in [0.25, 0.3) is 11.3 Å². The molecule has 1 aromatic heterocycles. The van der Waals surface area contributed by atoms with Gasteiger partial charge in [0.2, 0.25) is 0 Å². The lowest BCUT2D eigenvalue weighted by molar-refractivity contribution is -0.136. The number of methoxy groups -OCH3 is 1. The number of carbonyl (C=O) groups excluding carboxylic acids is 2. The Balaban J connectivity index is 2.02. The molecular formula is C17H15BrN2O4. The van der Waals surface area contributed by atoms with Crippen LogP contribution in [0.15, 0.2) is 56.6 Å². The Morgan fingerprint density at radius 3 is 2.71 bits per heavy atom. The molecule has 0 saturated heterocycles. The number of nitrogens with one attached hydrogen (secondary N) is 2. The number of ether oxygens (including phenoxy) is 1. The Morgan fingerprint density at radius 1 is 1.25 bits per heavy atom. The Hall–Kier alpha value is -2.54. The van der Waals surface area contributed by atoms with Crippen LogP contribution in [0.1, 0.15) is 18.7 Å². The van der Waals surface area contributed by atoms with Crippen molar-refractivity contribution in [2.24, 2.45) is 0 Å². The zero-order valence-electron chi connectivity index (χ0n) is 13.1. The van der Waals surface area contributed by atoms with Gasteiger partial charge in [0.05, 0.1) is 12.7 Å². The molecule has 2 N–H and O–H groups in total. The largest absolute Gasteiger partial charge is 0.466 e. The van der Waals surface area contributed by atoms with E-state index in [-0.39, 0.29) is 0 Å². The number of hydrogen-bond donors (Lipinski definition) is 2. The van der Waals surface area contributed by atoms with Gasteiger partial charge in [-0.25, -0.2) is 9.59 Å². The van der Waals surface area contributed by atoms with Crippen molar-refractivity contribution in [1.82, 2.24) is 10.6 Å². The number of carbonyl (C=O) groups is 2. The van der Waals surface area contributed by atoms with E-state index in [2.05, 4.69) is 26.6 Å². The first-order chi connectivity index (χ1) is 11.5. The summed E-state index contributed by atoms with van der Waals surface area (Å²) < 4.78 is 11.6. The van der Waals surface area contributed by atoms with Crippen molar-refractivity contribution in [2.75, 3.05) is 7.11 Å². The molecule has 0 fully saturated rings. The molecule has 1 aromatic carbocycles. The summed E-state index contributed by atoms with van der Waals surface area (Å²) in [5.41, 5.74) is 1.63. The molecule has 24 heavy (non-hydrogen) atoms. The second kappa shape index (κ2) is 6.52. The van der Waals surface area contributed by atoms with Crippen LogP contribution >= 0.6 is 15.9 Å². The van der Waals surface area contributed by atoms with Crippen LogP contribution in [0.4, 0.5) is 4.79 Å². The van der Waals surface area contributed by atoms with E-state index in [1.165, 1.54) is 7.11 Å². The third-order valence-electron chi connectivity index (χ3n) is 3.73. The fourth-order valence-electron chi connectivity index (χ4n) is 2.60. The van der Waals surface area contributed by atoms with Crippen molar-refractivity contribution in [1.29, 1.82) is 0 Å². The molecule has 0 bridgehead atoms. The van der Waals surface area contributed by atoms with Gasteiger partial charge in [-0.2, -0.15) is 0 Å². The van der Waals surface area contributed by atoms with Crippen molar-refractivity contribution < 1.29 is 18.7 Å². The number of amides is 2. The van der Waals surface area contributed by atoms with E-state index >= 15 is 0 Å². The number of urea groups is 1. The summed E-state index contributed by atoms with van der Waals surface area (Å²) in [6.45, 7) is 1.65. The Kier molecular flexibility index (Phi) is 4.44. The molecular weight excluding hydrogens is 376 g/mol. The fourth-order valence-corrected chi connectivity index (χ4v) is 3.08. The van der Waals surface area contributed by atoms with Crippen molar-refractivity contribution in [3.05, 3.63) is 57.9 Å². The molecule has 0 saturated carbocycles. The highest BCUT2D eigenvalue weighted by Gasteiger charge is 2.34. The number of benzene rings is 1. The van der Waals surface area contributed by atoms with E-state index in [9.17, 15) is 9.59 Å².